The Kier molecular flexibility index (Phi) is 4.49. The van der Waals surface area contributed by atoms with Gasteiger partial charge in [0.05, 0.1) is 18.5 Å². The molecule has 3 heterocycles. The zero-order valence-corrected chi connectivity index (χ0v) is 14.1. The van der Waals surface area contributed by atoms with Crippen molar-refractivity contribution in [1.29, 1.82) is 0 Å². The molecule has 0 radical (unpaired) electrons. The SMILES string of the molecule is O=C(c1cc(-c2cccnc2)on1)N(Cc1ccco1)c1ccccc1F. The van der Waals surface area contributed by atoms with Crippen molar-refractivity contribution < 1.29 is 18.1 Å². The molecule has 4 rings (SSSR count). The summed E-state index contributed by atoms with van der Waals surface area (Å²) in [6, 6.07) is 14.5. The van der Waals surface area contributed by atoms with E-state index in [2.05, 4.69) is 10.1 Å². The molecule has 3 aromatic heterocycles. The van der Waals surface area contributed by atoms with Crippen LogP contribution in [-0.2, 0) is 6.54 Å². The van der Waals surface area contributed by atoms with Crippen molar-refractivity contribution in [1.82, 2.24) is 10.1 Å². The van der Waals surface area contributed by atoms with Gasteiger partial charge in [0, 0.05) is 24.0 Å². The largest absolute Gasteiger partial charge is 0.467 e. The number of anilines is 1. The van der Waals surface area contributed by atoms with Gasteiger partial charge in [-0.2, -0.15) is 0 Å². The fourth-order valence-electron chi connectivity index (χ4n) is 2.65. The first-order chi connectivity index (χ1) is 13.2. The first-order valence-electron chi connectivity index (χ1n) is 8.18. The summed E-state index contributed by atoms with van der Waals surface area (Å²) in [6.45, 7) is 0.0574. The molecule has 0 N–H and O–H groups in total. The summed E-state index contributed by atoms with van der Waals surface area (Å²) < 4.78 is 24.9. The van der Waals surface area contributed by atoms with Crippen molar-refractivity contribution in [3.8, 4) is 11.3 Å². The molecular weight excluding hydrogens is 349 g/mol. The van der Waals surface area contributed by atoms with Gasteiger partial charge >= 0.3 is 0 Å². The minimum Gasteiger partial charge on any atom is -0.467 e. The Morgan fingerprint density at radius 1 is 1.11 bits per heavy atom. The lowest BCUT2D eigenvalue weighted by atomic mass is 10.2. The number of benzene rings is 1. The summed E-state index contributed by atoms with van der Waals surface area (Å²) in [5.41, 5.74) is 0.876. The average Bonchev–Trinajstić information content (AvgIpc) is 3.39. The summed E-state index contributed by atoms with van der Waals surface area (Å²) in [5.74, 6) is -0.107. The van der Waals surface area contributed by atoms with E-state index in [4.69, 9.17) is 8.94 Å². The summed E-state index contributed by atoms with van der Waals surface area (Å²) >= 11 is 0. The van der Waals surface area contributed by atoms with Crippen molar-refractivity contribution in [3.05, 3.63) is 90.5 Å². The Bertz CT molecular complexity index is 1050. The summed E-state index contributed by atoms with van der Waals surface area (Å²) in [5, 5.41) is 3.85. The average molecular weight is 363 g/mol. The van der Waals surface area contributed by atoms with Crippen molar-refractivity contribution in [3.63, 3.8) is 0 Å². The number of rotatable bonds is 5. The van der Waals surface area contributed by atoms with Crippen LogP contribution in [0.15, 0.2) is 82.2 Å². The summed E-state index contributed by atoms with van der Waals surface area (Å²) in [6.07, 6.45) is 4.73. The topological polar surface area (TPSA) is 72.4 Å². The second-order valence-electron chi connectivity index (χ2n) is 5.74. The standard InChI is InChI=1S/C20H14FN3O3/c21-16-7-1-2-8-18(16)24(13-15-6-4-10-26-15)20(25)17-11-19(27-23-17)14-5-3-9-22-12-14/h1-12H,13H2. The van der Waals surface area contributed by atoms with Crippen LogP contribution in [-0.4, -0.2) is 16.0 Å². The third-order valence-corrected chi connectivity index (χ3v) is 3.96. The van der Waals surface area contributed by atoms with Crippen LogP contribution in [0.5, 0.6) is 0 Å². The molecule has 0 aliphatic rings. The number of hydrogen-bond donors (Lipinski definition) is 0. The monoisotopic (exact) mass is 363 g/mol. The van der Waals surface area contributed by atoms with E-state index in [0.717, 1.165) is 0 Å². The molecule has 0 unspecified atom stereocenters. The maximum atomic E-state index is 14.3. The maximum absolute atomic E-state index is 14.3. The van der Waals surface area contributed by atoms with Crippen LogP contribution < -0.4 is 4.90 Å². The van der Waals surface area contributed by atoms with Gasteiger partial charge in [0.25, 0.3) is 5.91 Å². The van der Waals surface area contributed by atoms with E-state index < -0.39 is 11.7 Å². The molecule has 4 aromatic rings. The Labute approximate surface area is 153 Å². The first-order valence-corrected chi connectivity index (χ1v) is 8.18. The predicted molar refractivity (Wildman–Crippen MR) is 95.4 cm³/mol. The molecular formula is C20H14FN3O3. The molecule has 6 nitrogen and oxygen atoms in total. The van der Waals surface area contributed by atoms with Gasteiger partial charge in [-0.25, -0.2) is 4.39 Å². The number of para-hydroxylation sites is 1. The molecule has 0 atom stereocenters. The van der Waals surface area contributed by atoms with Gasteiger partial charge in [0.15, 0.2) is 11.5 Å². The van der Waals surface area contributed by atoms with Crippen LogP contribution in [0.3, 0.4) is 0 Å². The Morgan fingerprint density at radius 3 is 2.74 bits per heavy atom. The van der Waals surface area contributed by atoms with E-state index >= 15 is 0 Å². The van der Waals surface area contributed by atoms with Gasteiger partial charge in [-0.1, -0.05) is 17.3 Å². The van der Waals surface area contributed by atoms with Gasteiger partial charge < -0.3 is 8.94 Å². The fourth-order valence-corrected chi connectivity index (χ4v) is 2.65. The molecule has 0 aliphatic carbocycles. The lowest BCUT2D eigenvalue weighted by Gasteiger charge is -2.21. The van der Waals surface area contributed by atoms with Gasteiger partial charge in [0.2, 0.25) is 0 Å². The Balaban J connectivity index is 1.69. The minimum atomic E-state index is -0.520. The second-order valence-corrected chi connectivity index (χ2v) is 5.74. The first kappa shape index (κ1) is 16.7. The number of nitrogens with zero attached hydrogens (tertiary/aromatic N) is 3. The smallest absolute Gasteiger partial charge is 0.280 e. The van der Waals surface area contributed by atoms with Crippen LogP contribution >= 0.6 is 0 Å². The molecule has 0 bridgehead atoms. The zero-order valence-electron chi connectivity index (χ0n) is 14.1. The number of aromatic nitrogens is 2. The van der Waals surface area contributed by atoms with Gasteiger partial charge in [0.1, 0.15) is 11.6 Å². The number of pyridine rings is 1. The Morgan fingerprint density at radius 2 is 2.00 bits per heavy atom. The van der Waals surface area contributed by atoms with E-state index in [-0.39, 0.29) is 17.9 Å². The maximum Gasteiger partial charge on any atom is 0.280 e. The number of amides is 1. The summed E-state index contributed by atoms with van der Waals surface area (Å²) in [4.78, 5) is 18.3. The number of hydrogen-bond acceptors (Lipinski definition) is 5. The third-order valence-electron chi connectivity index (χ3n) is 3.96. The number of carbonyl (C=O) groups excluding carboxylic acids is 1. The van der Waals surface area contributed by atoms with Crippen molar-refractivity contribution in [2.75, 3.05) is 4.90 Å². The number of carbonyl (C=O) groups is 1. The van der Waals surface area contributed by atoms with Crippen LogP contribution in [0, 0.1) is 5.82 Å². The van der Waals surface area contributed by atoms with E-state index in [9.17, 15) is 9.18 Å². The third kappa shape index (κ3) is 3.48. The van der Waals surface area contributed by atoms with Crippen LogP contribution in [0.25, 0.3) is 11.3 Å². The van der Waals surface area contributed by atoms with Crippen molar-refractivity contribution in [2.45, 2.75) is 6.54 Å². The molecule has 27 heavy (non-hydrogen) atoms. The van der Waals surface area contributed by atoms with E-state index in [1.165, 1.54) is 29.4 Å². The van der Waals surface area contributed by atoms with Gasteiger partial charge in [-0.3, -0.25) is 14.7 Å². The lowest BCUT2D eigenvalue weighted by Crippen LogP contribution is -2.31. The zero-order chi connectivity index (χ0) is 18.6. The second kappa shape index (κ2) is 7.25. The predicted octanol–water partition coefficient (Wildman–Crippen LogP) is 4.32. The van der Waals surface area contributed by atoms with Gasteiger partial charge in [-0.05, 0) is 36.4 Å². The van der Waals surface area contributed by atoms with E-state index in [1.54, 1.807) is 48.8 Å². The molecule has 0 aliphatic heterocycles. The van der Waals surface area contributed by atoms with Crippen molar-refractivity contribution in [2.24, 2.45) is 0 Å². The molecule has 0 fully saturated rings. The highest BCUT2D eigenvalue weighted by Crippen LogP contribution is 2.25. The number of halogens is 1. The van der Waals surface area contributed by atoms with E-state index in [1.807, 2.05) is 0 Å². The highest BCUT2D eigenvalue weighted by atomic mass is 19.1. The van der Waals surface area contributed by atoms with Crippen molar-refractivity contribution >= 4 is 11.6 Å². The normalized spacial score (nSPS) is 10.7. The summed E-state index contributed by atoms with van der Waals surface area (Å²) in [7, 11) is 0. The van der Waals surface area contributed by atoms with Crippen LogP contribution in [0.1, 0.15) is 16.2 Å². The number of furan rings is 1. The van der Waals surface area contributed by atoms with Crippen LogP contribution in [0.2, 0.25) is 0 Å². The molecule has 0 saturated heterocycles. The molecule has 1 aromatic carbocycles. The highest BCUT2D eigenvalue weighted by Gasteiger charge is 2.25. The lowest BCUT2D eigenvalue weighted by molar-refractivity contribution is 0.0973. The van der Waals surface area contributed by atoms with Gasteiger partial charge in [-0.15, -0.1) is 0 Å². The minimum absolute atomic E-state index is 0.0574. The highest BCUT2D eigenvalue weighted by molar-refractivity contribution is 6.05. The quantitative estimate of drug-likeness (QED) is 0.528. The molecule has 1 amide bonds. The van der Waals surface area contributed by atoms with E-state index in [0.29, 0.717) is 17.1 Å². The fraction of sp³-hybridized carbons (Fsp3) is 0.0500. The van der Waals surface area contributed by atoms with Crippen LogP contribution in [0.4, 0.5) is 10.1 Å². The molecule has 0 saturated carbocycles. The molecule has 7 heteroatoms. The molecule has 0 spiro atoms. The Hall–Kier alpha value is -3.74. The molecule has 134 valence electrons.